The first-order chi connectivity index (χ1) is 8.13. The van der Waals surface area contributed by atoms with Gasteiger partial charge in [-0.3, -0.25) is 14.9 Å². The average molecular weight is 256 g/mol. The van der Waals surface area contributed by atoms with Crippen LogP contribution in [-0.4, -0.2) is 23.7 Å². The van der Waals surface area contributed by atoms with Crippen LogP contribution in [-0.2, 0) is 14.4 Å². The van der Waals surface area contributed by atoms with Gasteiger partial charge in [-0.05, 0) is 12.1 Å². The summed E-state index contributed by atoms with van der Waals surface area (Å²) >= 11 is 5.30. The van der Waals surface area contributed by atoms with Crippen LogP contribution in [0.4, 0.5) is 0 Å². The number of carbonyl (C=O) groups is 3. The maximum Gasteiger partial charge on any atom is 0.402 e. The number of esters is 1. The lowest BCUT2D eigenvalue weighted by molar-refractivity contribution is -0.150. The fraction of sp³-hybridized carbons (Fsp3) is 0.182. The zero-order valence-corrected chi connectivity index (χ0v) is 9.57. The predicted molar refractivity (Wildman–Crippen MR) is 60.6 cm³/mol. The smallest absolute Gasteiger partial charge is 0.402 e. The highest BCUT2D eigenvalue weighted by atomic mass is 35.5. The summed E-state index contributed by atoms with van der Waals surface area (Å²) < 4.78 is 4.72. The lowest BCUT2D eigenvalue weighted by Crippen LogP contribution is -2.38. The Morgan fingerprint density at radius 3 is 2.41 bits per heavy atom. The molecule has 1 aromatic rings. The summed E-state index contributed by atoms with van der Waals surface area (Å²) in [5.74, 6) is -2.55. The van der Waals surface area contributed by atoms with Crippen molar-refractivity contribution in [2.24, 2.45) is 0 Å². The molecule has 0 fully saturated rings. The number of amides is 2. The SMILES string of the molecule is O=C(CCCl)NC(=O)C(=O)Oc1ccccc1. The molecule has 1 aromatic carbocycles. The van der Waals surface area contributed by atoms with Gasteiger partial charge >= 0.3 is 11.9 Å². The van der Waals surface area contributed by atoms with Crippen LogP contribution in [0.15, 0.2) is 30.3 Å². The van der Waals surface area contributed by atoms with Gasteiger partial charge in [0.1, 0.15) is 5.75 Å². The second-order valence-electron chi connectivity index (χ2n) is 3.02. The van der Waals surface area contributed by atoms with Gasteiger partial charge < -0.3 is 4.74 Å². The molecule has 6 heteroatoms. The highest BCUT2D eigenvalue weighted by Crippen LogP contribution is 2.08. The molecule has 0 saturated carbocycles. The zero-order chi connectivity index (χ0) is 12.7. The molecule has 0 aliphatic carbocycles. The maximum absolute atomic E-state index is 11.2. The Bertz CT molecular complexity index is 419. The first-order valence-electron chi connectivity index (χ1n) is 4.80. The molecule has 1 rings (SSSR count). The number of para-hydroxylation sites is 1. The molecule has 2 amide bonds. The topological polar surface area (TPSA) is 72.5 Å². The molecule has 90 valence electrons. The number of alkyl halides is 1. The summed E-state index contributed by atoms with van der Waals surface area (Å²) in [4.78, 5) is 33.4. The van der Waals surface area contributed by atoms with Crippen LogP contribution < -0.4 is 10.1 Å². The number of halogens is 1. The molecular weight excluding hydrogens is 246 g/mol. The van der Waals surface area contributed by atoms with E-state index in [1.165, 1.54) is 12.1 Å². The van der Waals surface area contributed by atoms with E-state index in [0.717, 1.165) is 0 Å². The van der Waals surface area contributed by atoms with Gasteiger partial charge in [-0.2, -0.15) is 0 Å². The molecule has 0 bridgehead atoms. The van der Waals surface area contributed by atoms with E-state index in [-0.39, 0.29) is 18.1 Å². The standard InChI is InChI=1S/C11H10ClNO4/c12-7-6-9(14)13-10(15)11(16)17-8-4-2-1-3-5-8/h1-5H,6-7H2,(H,13,14,15). The maximum atomic E-state index is 11.2. The number of ether oxygens (including phenoxy) is 1. The van der Waals surface area contributed by atoms with Crippen molar-refractivity contribution in [1.29, 1.82) is 0 Å². The molecule has 0 spiro atoms. The summed E-state index contributed by atoms with van der Waals surface area (Å²) in [7, 11) is 0. The normalized spacial score (nSPS) is 9.47. The van der Waals surface area contributed by atoms with Crippen molar-refractivity contribution < 1.29 is 19.1 Å². The molecule has 0 aliphatic rings. The first kappa shape index (κ1) is 13.2. The van der Waals surface area contributed by atoms with Gasteiger partial charge in [0.25, 0.3) is 0 Å². The molecule has 5 nitrogen and oxygen atoms in total. The summed E-state index contributed by atoms with van der Waals surface area (Å²) in [5.41, 5.74) is 0. The molecule has 0 atom stereocenters. The van der Waals surface area contributed by atoms with Crippen LogP contribution in [0.3, 0.4) is 0 Å². The third-order valence-electron chi connectivity index (χ3n) is 1.71. The molecule has 1 N–H and O–H groups in total. The molecular formula is C11H10ClNO4. The molecule has 0 unspecified atom stereocenters. The van der Waals surface area contributed by atoms with E-state index < -0.39 is 17.8 Å². The van der Waals surface area contributed by atoms with E-state index in [4.69, 9.17) is 16.3 Å². The van der Waals surface area contributed by atoms with Gasteiger partial charge in [0.2, 0.25) is 5.91 Å². The van der Waals surface area contributed by atoms with Crippen molar-refractivity contribution >= 4 is 29.4 Å². The summed E-state index contributed by atoms with van der Waals surface area (Å²) in [5, 5.41) is 1.86. The minimum atomic E-state index is -1.14. The van der Waals surface area contributed by atoms with Crippen molar-refractivity contribution in [2.75, 3.05) is 5.88 Å². The van der Waals surface area contributed by atoms with Crippen molar-refractivity contribution in [3.8, 4) is 5.75 Å². The highest BCUT2D eigenvalue weighted by molar-refractivity contribution is 6.36. The fourth-order valence-corrected chi connectivity index (χ4v) is 1.14. The third-order valence-corrected chi connectivity index (χ3v) is 1.90. The van der Waals surface area contributed by atoms with Gasteiger partial charge in [-0.1, -0.05) is 18.2 Å². The lowest BCUT2D eigenvalue weighted by atomic mass is 10.3. The third kappa shape index (κ3) is 4.65. The molecule has 17 heavy (non-hydrogen) atoms. The van der Waals surface area contributed by atoms with E-state index in [1.807, 2.05) is 5.32 Å². The van der Waals surface area contributed by atoms with Gasteiger partial charge in [-0.15, -0.1) is 11.6 Å². The fourth-order valence-electron chi connectivity index (χ4n) is 0.968. The molecule has 0 saturated heterocycles. The zero-order valence-electron chi connectivity index (χ0n) is 8.81. The second-order valence-corrected chi connectivity index (χ2v) is 3.40. The first-order valence-corrected chi connectivity index (χ1v) is 5.34. The Morgan fingerprint density at radius 2 is 1.82 bits per heavy atom. The van der Waals surface area contributed by atoms with Crippen molar-refractivity contribution in [1.82, 2.24) is 5.32 Å². The van der Waals surface area contributed by atoms with Crippen LogP contribution in [0.25, 0.3) is 0 Å². The Labute approximate surface area is 103 Å². The number of nitrogens with one attached hydrogen (secondary N) is 1. The number of imide groups is 1. The Balaban J connectivity index is 2.48. The number of carbonyl (C=O) groups excluding carboxylic acids is 3. The molecule has 0 aliphatic heterocycles. The number of hydrogen-bond donors (Lipinski definition) is 1. The van der Waals surface area contributed by atoms with E-state index in [1.54, 1.807) is 18.2 Å². The predicted octanol–water partition coefficient (Wildman–Crippen LogP) is 0.864. The summed E-state index contributed by atoms with van der Waals surface area (Å²) in [6.07, 6.45) is -0.0358. The van der Waals surface area contributed by atoms with Gasteiger partial charge in [-0.25, -0.2) is 4.79 Å². The molecule has 0 aromatic heterocycles. The van der Waals surface area contributed by atoms with Crippen LogP contribution in [0.1, 0.15) is 6.42 Å². The van der Waals surface area contributed by atoms with Crippen LogP contribution in [0.2, 0.25) is 0 Å². The monoisotopic (exact) mass is 255 g/mol. The Kier molecular flexibility index (Phi) is 5.16. The number of hydrogen-bond acceptors (Lipinski definition) is 4. The quantitative estimate of drug-likeness (QED) is 0.376. The van der Waals surface area contributed by atoms with E-state index in [0.29, 0.717) is 0 Å². The largest absolute Gasteiger partial charge is 0.419 e. The van der Waals surface area contributed by atoms with E-state index >= 15 is 0 Å². The van der Waals surface area contributed by atoms with E-state index in [2.05, 4.69) is 0 Å². The van der Waals surface area contributed by atoms with Gasteiger partial charge in [0.15, 0.2) is 0 Å². The molecule has 0 heterocycles. The van der Waals surface area contributed by atoms with Crippen LogP contribution in [0, 0.1) is 0 Å². The summed E-state index contributed by atoms with van der Waals surface area (Å²) in [6, 6.07) is 8.08. The van der Waals surface area contributed by atoms with Crippen molar-refractivity contribution in [3.63, 3.8) is 0 Å². The second kappa shape index (κ2) is 6.65. The van der Waals surface area contributed by atoms with Crippen LogP contribution in [0.5, 0.6) is 5.75 Å². The van der Waals surface area contributed by atoms with Gasteiger partial charge in [0, 0.05) is 12.3 Å². The highest BCUT2D eigenvalue weighted by Gasteiger charge is 2.18. The molecule has 0 radical (unpaired) electrons. The van der Waals surface area contributed by atoms with Crippen LogP contribution >= 0.6 is 11.6 Å². The Hall–Kier alpha value is -1.88. The van der Waals surface area contributed by atoms with Crippen molar-refractivity contribution in [3.05, 3.63) is 30.3 Å². The number of benzene rings is 1. The number of rotatable bonds is 3. The Morgan fingerprint density at radius 1 is 1.18 bits per heavy atom. The minimum Gasteiger partial charge on any atom is -0.419 e. The van der Waals surface area contributed by atoms with Gasteiger partial charge in [0.05, 0.1) is 0 Å². The minimum absolute atomic E-state index is 0.0358. The van der Waals surface area contributed by atoms with E-state index in [9.17, 15) is 14.4 Å². The lowest BCUT2D eigenvalue weighted by Gasteiger charge is -2.03. The summed E-state index contributed by atoms with van der Waals surface area (Å²) in [6.45, 7) is 0. The average Bonchev–Trinajstić information content (AvgIpc) is 2.30. The van der Waals surface area contributed by atoms with Crippen molar-refractivity contribution in [2.45, 2.75) is 6.42 Å².